The van der Waals surface area contributed by atoms with Crippen molar-refractivity contribution >= 4 is 33.2 Å². The molecular weight excluding hydrogens is 278 g/mol. The highest BCUT2D eigenvalue weighted by Crippen LogP contribution is 2.21. The third-order valence-corrected chi connectivity index (χ3v) is 3.79. The fourth-order valence-corrected chi connectivity index (χ4v) is 2.37. The van der Waals surface area contributed by atoms with Gasteiger partial charge >= 0.3 is 0 Å². The van der Waals surface area contributed by atoms with Gasteiger partial charge in [-0.1, -0.05) is 0 Å². The fourth-order valence-electron chi connectivity index (χ4n) is 1.17. The minimum atomic E-state index is -0.228. The summed E-state index contributed by atoms with van der Waals surface area (Å²) in [6, 6.07) is 1.82. The molecule has 3 N–H and O–H groups in total. The molecule has 0 bridgehead atoms. The molecule has 4 nitrogen and oxygen atoms in total. The van der Waals surface area contributed by atoms with Gasteiger partial charge in [-0.2, -0.15) is 0 Å². The number of halogens is 1. The molecular formula is C9H14BrN3OS. The van der Waals surface area contributed by atoms with Gasteiger partial charge in [0.1, 0.15) is 0 Å². The van der Waals surface area contributed by atoms with Crippen LogP contribution in [0.2, 0.25) is 0 Å². The Bertz CT molecular complexity index is 342. The topological polar surface area (TPSA) is 58.4 Å². The largest absolute Gasteiger partial charge is 0.293 e. The second-order valence-corrected chi connectivity index (χ2v) is 5.65. The second kappa shape index (κ2) is 5.60. The van der Waals surface area contributed by atoms with E-state index in [-0.39, 0.29) is 11.9 Å². The zero-order valence-electron chi connectivity index (χ0n) is 8.66. The van der Waals surface area contributed by atoms with Gasteiger partial charge in [0.05, 0.1) is 9.83 Å². The molecule has 0 aliphatic rings. The average molecular weight is 292 g/mol. The van der Waals surface area contributed by atoms with Crippen molar-refractivity contribution in [1.82, 2.24) is 10.3 Å². The van der Waals surface area contributed by atoms with Gasteiger partial charge in [-0.25, -0.2) is 5.84 Å². The van der Waals surface area contributed by atoms with Crippen LogP contribution in [0.15, 0.2) is 15.2 Å². The monoisotopic (exact) mass is 291 g/mol. The lowest BCUT2D eigenvalue weighted by atomic mass is 10.2. The molecule has 0 aliphatic heterocycles. The van der Waals surface area contributed by atoms with E-state index >= 15 is 0 Å². The van der Waals surface area contributed by atoms with E-state index in [2.05, 4.69) is 26.7 Å². The lowest BCUT2D eigenvalue weighted by Crippen LogP contribution is -2.45. The summed E-state index contributed by atoms with van der Waals surface area (Å²) in [6.07, 6.45) is 0. The van der Waals surface area contributed by atoms with Crippen LogP contribution >= 0.6 is 27.3 Å². The van der Waals surface area contributed by atoms with Gasteiger partial charge in [0.25, 0.3) is 5.91 Å². The van der Waals surface area contributed by atoms with Crippen molar-refractivity contribution in [2.75, 3.05) is 7.05 Å². The van der Waals surface area contributed by atoms with E-state index in [0.717, 1.165) is 10.3 Å². The predicted molar refractivity (Wildman–Crippen MR) is 65.3 cm³/mol. The highest BCUT2D eigenvalue weighted by atomic mass is 79.9. The van der Waals surface area contributed by atoms with Crippen LogP contribution in [0.4, 0.5) is 0 Å². The molecule has 1 aromatic heterocycles. The number of nitrogens with two attached hydrogens (primary N) is 1. The molecule has 1 atom stereocenters. The molecule has 6 heteroatoms. The van der Waals surface area contributed by atoms with Crippen LogP contribution in [0, 0.1) is 0 Å². The summed E-state index contributed by atoms with van der Waals surface area (Å²) in [4.78, 5) is 13.2. The summed E-state index contributed by atoms with van der Waals surface area (Å²) in [5, 5.41) is 2.06. The van der Waals surface area contributed by atoms with Gasteiger partial charge in [0.2, 0.25) is 0 Å². The van der Waals surface area contributed by atoms with Crippen molar-refractivity contribution < 1.29 is 4.79 Å². The zero-order chi connectivity index (χ0) is 11.4. The molecule has 0 fully saturated rings. The second-order valence-electron chi connectivity index (χ2n) is 3.36. The maximum atomic E-state index is 11.3. The quantitative estimate of drug-likeness (QED) is 0.500. The lowest BCUT2D eigenvalue weighted by Gasteiger charge is -2.22. The first kappa shape index (κ1) is 12.6. The van der Waals surface area contributed by atoms with Gasteiger partial charge in [-0.3, -0.25) is 15.1 Å². The summed E-state index contributed by atoms with van der Waals surface area (Å²) in [5.74, 6) is 4.90. The number of carbonyl (C=O) groups excluding carboxylic acids is 1. The Morgan fingerprint density at radius 3 is 2.93 bits per heavy atom. The molecule has 84 valence electrons. The number of amides is 1. The van der Waals surface area contributed by atoms with E-state index < -0.39 is 0 Å². The Hall–Kier alpha value is -0.430. The normalized spacial score (nSPS) is 12.9. The molecule has 1 rings (SSSR count). The van der Waals surface area contributed by atoms with E-state index in [1.165, 1.54) is 5.56 Å². The van der Waals surface area contributed by atoms with Crippen LogP contribution in [0.25, 0.3) is 0 Å². The molecule has 0 aliphatic carbocycles. The minimum absolute atomic E-state index is 0.174. The molecule has 15 heavy (non-hydrogen) atoms. The summed E-state index contributed by atoms with van der Waals surface area (Å²) < 4.78 is 1.10. The molecule has 0 radical (unpaired) electrons. The Kier molecular flexibility index (Phi) is 4.72. The summed E-state index contributed by atoms with van der Waals surface area (Å²) >= 11 is 5.04. The van der Waals surface area contributed by atoms with Crippen molar-refractivity contribution in [3.63, 3.8) is 0 Å². The van der Waals surface area contributed by atoms with Crippen LogP contribution in [0.3, 0.4) is 0 Å². The molecule has 0 saturated carbocycles. The lowest BCUT2D eigenvalue weighted by molar-refractivity contribution is -0.125. The van der Waals surface area contributed by atoms with Gasteiger partial charge in [0.15, 0.2) is 0 Å². The number of rotatable bonds is 4. The van der Waals surface area contributed by atoms with Crippen molar-refractivity contribution in [2.45, 2.75) is 19.5 Å². The number of hydrazine groups is 1. The number of hydrogen-bond donors (Lipinski definition) is 2. The third-order valence-electron chi connectivity index (χ3n) is 2.24. The van der Waals surface area contributed by atoms with Crippen LogP contribution in [-0.2, 0) is 11.3 Å². The summed E-state index contributed by atoms with van der Waals surface area (Å²) in [7, 11) is 1.89. The van der Waals surface area contributed by atoms with E-state index in [4.69, 9.17) is 5.84 Å². The SMILES string of the molecule is CC(C(=O)NN)N(C)Cc1csc(Br)c1. The zero-order valence-corrected chi connectivity index (χ0v) is 11.1. The van der Waals surface area contributed by atoms with Crippen molar-refractivity contribution in [2.24, 2.45) is 5.84 Å². The smallest absolute Gasteiger partial charge is 0.250 e. The highest BCUT2D eigenvalue weighted by molar-refractivity contribution is 9.11. The van der Waals surface area contributed by atoms with E-state index in [1.54, 1.807) is 11.3 Å². The van der Waals surface area contributed by atoms with Crippen LogP contribution in [-0.4, -0.2) is 23.9 Å². The highest BCUT2D eigenvalue weighted by Gasteiger charge is 2.17. The number of nitrogens with zero attached hydrogens (tertiary/aromatic N) is 1. The van der Waals surface area contributed by atoms with E-state index in [1.807, 2.05) is 24.9 Å². The first-order valence-corrected chi connectivity index (χ1v) is 6.15. The maximum Gasteiger partial charge on any atom is 0.250 e. The van der Waals surface area contributed by atoms with Gasteiger partial charge in [0, 0.05) is 6.54 Å². The Morgan fingerprint density at radius 2 is 2.47 bits per heavy atom. The van der Waals surface area contributed by atoms with Gasteiger partial charge < -0.3 is 0 Å². The third kappa shape index (κ3) is 3.57. The first-order valence-electron chi connectivity index (χ1n) is 4.48. The van der Waals surface area contributed by atoms with E-state index in [9.17, 15) is 4.79 Å². The first-order chi connectivity index (χ1) is 7.04. The molecule has 1 amide bonds. The van der Waals surface area contributed by atoms with Crippen molar-refractivity contribution in [3.05, 3.63) is 20.8 Å². The van der Waals surface area contributed by atoms with Gasteiger partial charge in [-0.15, -0.1) is 11.3 Å². The predicted octanol–water partition coefficient (Wildman–Crippen LogP) is 1.32. The summed E-state index contributed by atoms with van der Waals surface area (Å²) in [5.41, 5.74) is 3.34. The number of likely N-dealkylation sites (N-methyl/N-ethyl adjacent to an activating group) is 1. The number of nitrogens with one attached hydrogen (secondary N) is 1. The number of hydrogen-bond acceptors (Lipinski definition) is 4. The molecule has 0 aromatic carbocycles. The molecule has 1 aromatic rings. The van der Waals surface area contributed by atoms with Crippen molar-refractivity contribution in [3.8, 4) is 0 Å². The Balaban J connectivity index is 2.55. The summed E-state index contributed by atoms with van der Waals surface area (Å²) in [6.45, 7) is 2.56. The number of carbonyl (C=O) groups is 1. The maximum absolute atomic E-state index is 11.3. The Labute approximate surface area is 102 Å². The van der Waals surface area contributed by atoms with Crippen LogP contribution in [0.5, 0.6) is 0 Å². The Morgan fingerprint density at radius 1 is 1.80 bits per heavy atom. The minimum Gasteiger partial charge on any atom is -0.293 e. The van der Waals surface area contributed by atoms with Gasteiger partial charge in [-0.05, 0) is 46.9 Å². The molecule has 0 spiro atoms. The number of thiophene rings is 1. The molecule has 1 heterocycles. The molecule has 0 saturated heterocycles. The molecule has 1 unspecified atom stereocenters. The average Bonchev–Trinajstić information content (AvgIpc) is 2.61. The standard InChI is InChI=1S/C9H14BrN3OS/c1-6(9(14)12-11)13(2)4-7-3-8(10)15-5-7/h3,5-6H,4,11H2,1-2H3,(H,12,14). The van der Waals surface area contributed by atoms with Crippen LogP contribution < -0.4 is 11.3 Å². The van der Waals surface area contributed by atoms with Crippen molar-refractivity contribution in [1.29, 1.82) is 0 Å². The fraction of sp³-hybridized carbons (Fsp3) is 0.444. The van der Waals surface area contributed by atoms with Crippen LogP contribution in [0.1, 0.15) is 12.5 Å². The van der Waals surface area contributed by atoms with E-state index in [0.29, 0.717) is 0 Å².